The lowest BCUT2D eigenvalue weighted by molar-refractivity contribution is -0.141. The Labute approximate surface area is 123 Å². The van der Waals surface area contributed by atoms with Crippen molar-refractivity contribution in [3.63, 3.8) is 0 Å². The van der Waals surface area contributed by atoms with Crippen LogP contribution in [0, 0.1) is 11.3 Å². The maximum absolute atomic E-state index is 12.8. The fraction of sp³-hybridized carbons (Fsp3) is 0.231. The number of nitriles is 1. The van der Waals surface area contributed by atoms with Crippen LogP contribution in [-0.2, 0) is 6.18 Å². The van der Waals surface area contributed by atoms with Gasteiger partial charge in [-0.15, -0.1) is 0 Å². The van der Waals surface area contributed by atoms with E-state index in [9.17, 15) is 13.2 Å². The second kappa shape index (κ2) is 5.66. The molecule has 0 amide bonds. The molecule has 0 unspecified atom stereocenters. The first kappa shape index (κ1) is 15.2. The van der Waals surface area contributed by atoms with Gasteiger partial charge in [0.1, 0.15) is 17.4 Å². The third kappa shape index (κ3) is 2.95. The van der Waals surface area contributed by atoms with Gasteiger partial charge in [0, 0.05) is 0 Å². The lowest BCUT2D eigenvalue weighted by atomic mass is 10.2. The highest BCUT2D eigenvalue weighted by Gasteiger charge is 2.39. The van der Waals surface area contributed by atoms with Gasteiger partial charge in [-0.05, 0) is 31.2 Å². The average Bonchev–Trinajstić information content (AvgIpc) is 2.77. The molecular formula is C13H9ClF3N3O. The highest BCUT2D eigenvalue weighted by atomic mass is 35.5. The summed E-state index contributed by atoms with van der Waals surface area (Å²) in [6.45, 7) is 2.28. The van der Waals surface area contributed by atoms with Crippen LogP contribution in [0.2, 0.25) is 5.15 Å². The second-order valence-electron chi connectivity index (χ2n) is 3.96. The van der Waals surface area contributed by atoms with Crippen LogP contribution in [0.1, 0.15) is 18.2 Å². The Morgan fingerprint density at radius 3 is 2.38 bits per heavy atom. The van der Waals surface area contributed by atoms with Crippen LogP contribution >= 0.6 is 11.6 Å². The minimum Gasteiger partial charge on any atom is -0.494 e. The molecule has 0 atom stereocenters. The molecule has 110 valence electrons. The first-order valence-corrected chi connectivity index (χ1v) is 6.25. The number of aromatic nitrogens is 2. The second-order valence-corrected chi connectivity index (χ2v) is 4.32. The van der Waals surface area contributed by atoms with Crippen molar-refractivity contribution in [3.8, 4) is 17.5 Å². The Balaban J connectivity index is 2.50. The predicted octanol–water partition coefficient (Wildman–Crippen LogP) is 3.81. The van der Waals surface area contributed by atoms with Crippen LogP contribution in [0.15, 0.2) is 24.3 Å². The first-order valence-electron chi connectivity index (χ1n) is 5.87. The van der Waals surface area contributed by atoms with Crippen LogP contribution in [0.3, 0.4) is 0 Å². The third-order valence-corrected chi connectivity index (χ3v) is 2.95. The molecule has 8 heteroatoms. The van der Waals surface area contributed by atoms with E-state index in [1.807, 2.05) is 6.92 Å². The average molecular weight is 316 g/mol. The summed E-state index contributed by atoms with van der Waals surface area (Å²) in [5.74, 6) is 0.570. The zero-order valence-corrected chi connectivity index (χ0v) is 11.5. The van der Waals surface area contributed by atoms with Crippen LogP contribution in [0.4, 0.5) is 13.2 Å². The molecule has 21 heavy (non-hydrogen) atoms. The summed E-state index contributed by atoms with van der Waals surface area (Å²) in [4.78, 5) is 0. The molecule has 0 saturated heterocycles. The molecule has 0 N–H and O–H groups in total. The molecule has 1 heterocycles. The van der Waals surface area contributed by atoms with Crippen molar-refractivity contribution in [1.82, 2.24) is 9.78 Å². The standard InChI is InChI=1S/C13H9ClF3N3O/c1-2-21-9-5-3-8(4-6-9)20-12(14)10(7-18)11(19-20)13(15,16)17/h3-6H,2H2,1H3. The van der Waals surface area contributed by atoms with E-state index in [-0.39, 0.29) is 5.15 Å². The van der Waals surface area contributed by atoms with Crippen molar-refractivity contribution in [2.75, 3.05) is 6.61 Å². The van der Waals surface area contributed by atoms with E-state index in [2.05, 4.69) is 5.10 Å². The van der Waals surface area contributed by atoms with Gasteiger partial charge in [0.15, 0.2) is 10.8 Å². The van der Waals surface area contributed by atoms with Gasteiger partial charge in [-0.1, -0.05) is 11.6 Å². The molecule has 2 rings (SSSR count). The zero-order chi connectivity index (χ0) is 15.6. The SMILES string of the molecule is CCOc1ccc(-n2nc(C(F)(F)F)c(C#N)c2Cl)cc1. The van der Waals surface area contributed by atoms with E-state index in [4.69, 9.17) is 21.6 Å². The molecule has 4 nitrogen and oxygen atoms in total. The van der Waals surface area contributed by atoms with E-state index in [1.165, 1.54) is 18.2 Å². The molecule has 1 aromatic heterocycles. The van der Waals surface area contributed by atoms with E-state index < -0.39 is 17.4 Å². The molecule has 0 bridgehead atoms. The van der Waals surface area contributed by atoms with Gasteiger partial charge in [-0.2, -0.15) is 23.5 Å². The molecular weight excluding hydrogens is 307 g/mol. The largest absolute Gasteiger partial charge is 0.494 e. The molecule has 0 aliphatic rings. The minimum absolute atomic E-state index is 0.301. The Bertz CT molecular complexity index is 686. The Morgan fingerprint density at radius 1 is 1.33 bits per heavy atom. The number of ether oxygens (including phenoxy) is 1. The first-order chi connectivity index (χ1) is 9.88. The van der Waals surface area contributed by atoms with Gasteiger partial charge in [0.05, 0.1) is 12.3 Å². The van der Waals surface area contributed by atoms with Gasteiger partial charge in [0.25, 0.3) is 0 Å². The maximum Gasteiger partial charge on any atom is 0.436 e. The van der Waals surface area contributed by atoms with Gasteiger partial charge in [0.2, 0.25) is 0 Å². The molecule has 2 aromatic rings. The lowest BCUT2D eigenvalue weighted by Gasteiger charge is -2.06. The molecule has 0 spiro atoms. The number of halogens is 4. The van der Waals surface area contributed by atoms with E-state index in [1.54, 1.807) is 12.1 Å². The molecule has 0 fully saturated rings. The fourth-order valence-corrected chi connectivity index (χ4v) is 1.98. The van der Waals surface area contributed by atoms with Gasteiger partial charge in [-0.3, -0.25) is 0 Å². The normalized spacial score (nSPS) is 11.2. The van der Waals surface area contributed by atoms with E-state index >= 15 is 0 Å². The summed E-state index contributed by atoms with van der Waals surface area (Å²) in [6, 6.07) is 7.60. The zero-order valence-electron chi connectivity index (χ0n) is 10.8. The van der Waals surface area contributed by atoms with E-state index in [0.717, 1.165) is 4.68 Å². The molecule has 0 saturated carbocycles. The van der Waals surface area contributed by atoms with Crippen LogP contribution < -0.4 is 4.74 Å². The highest BCUT2D eigenvalue weighted by Crippen LogP contribution is 2.35. The third-order valence-electron chi connectivity index (χ3n) is 2.60. The smallest absolute Gasteiger partial charge is 0.436 e. The van der Waals surface area contributed by atoms with Crippen molar-refractivity contribution in [3.05, 3.63) is 40.7 Å². The van der Waals surface area contributed by atoms with Crippen molar-refractivity contribution in [2.24, 2.45) is 0 Å². The molecule has 0 aliphatic carbocycles. The molecule has 1 aromatic carbocycles. The molecule has 0 aliphatic heterocycles. The lowest BCUT2D eigenvalue weighted by Crippen LogP contribution is -2.08. The van der Waals surface area contributed by atoms with Crippen LogP contribution in [0.25, 0.3) is 5.69 Å². The number of hydrogen-bond acceptors (Lipinski definition) is 3. The Hall–Kier alpha value is -2.20. The quantitative estimate of drug-likeness (QED) is 0.865. The van der Waals surface area contributed by atoms with Crippen molar-refractivity contribution in [2.45, 2.75) is 13.1 Å². The fourth-order valence-electron chi connectivity index (χ4n) is 1.72. The summed E-state index contributed by atoms with van der Waals surface area (Å²) in [5.41, 5.74) is -1.70. The highest BCUT2D eigenvalue weighted by molar-refractivity contribution is 6.31. The van der Waals surface area contributed by atoms with Crippen molar-refractivity contribution < 1.29 is 17.9 Å². The van der Waals surface area contributed by atoms with E-state index in [0.29, 0.717) is 18.0 Å². The maximum atomic E-state index is 12.8. The summed E-state index contributed by atoms with van der Waals surface area (Å²) in [5, 5.41) is 11.8. The summed E-state index contributed by atoms with van der Waals surface area (Å²) >= 11 is 5.82. The van der Waals surface area contributed by atoms with Crippen LogP contribution in [0.5, 0.6) is 5.75 Å². The number of rotatable bonds is 3. The number of alkyl halides is 3. The Morgan fingerprint density at radius 2 is 1.95 bits per heavy atom. The van der Waals surface area contributed by atoms with Gasteiger partial charge < -0.3 is 4.74 Å². The van der Waals surface area contributed by atoms with Crippen molar-refractivity contribution in [1.29, 1.82) is 5.26 Å². The summed E-state index contributed by atoms with van der Waals surface area (Å²) < 4.78 is 44.5. The van der Waals surface area contributed by atoms with Gasteiger partial charge >= 0.3 is 6.18 Å². The summed E-state index contributed by atoms with van der Waals surface area (Å²) in [6.07, 6.45) is -4.74. The summed E-state index contributed by atoms with van der Waals surface area (Å²) in [7, 11) is 0. The monoisotopic (exact) mass is 315 g/mol. The van der Waals surface area contributed by atoms with Crippen molar-refractivity contribution >= 4 is 11.6 Å². The Kier molecular flexibility index (Phi) is 4.09. The predicted molar refractivity (Wildman–Crippen MR) is 69.5 cm³/mol. The number of nitrogens with zero attached hydrogens (tertiary/aromatic N) is 3. The minimum atomic E-state index is -4.74. The van der Waals surface area contributed by atoms with Gasteiger partial charge in [-0.25, -0.2) is 4.68 Å². The molecule has 0 radical (unpaired) electrons. The number of benzene rings is 1. The topological polar surface area (TPSA) is 50.8 Å². The van der Waals surface area contributed by atoms with Crippen LogP contribution in [-0.4, -0.2) is 16.4 Å². The number of hydrogen-bond donors (Lipinski definition) is 0.